The second-order valence-electron chi connectivity index (χ2n) is 8.94. The molecule has 1 heterocycles. The minimum Gasteiger partial charge on any atom is -0.289 e. The van der Waals surface area contributed by atoms with Crippen LogP contribution < -0.4 is 0 Å². The first kappa shape index (κ1) is 23.1. The molecule has 0 unspecified atom stereocenters. The summed E-state index contributed by atoms with van der Waals surface area (Å²) in [4.78, 5) is 13.3. The highest BCUT2D eigenvalue weighted by Crippen LogP contribution is 2.53. The lowest BCUT2D eigenvalue weighted by Gasteiger charge is -2.51. The molecule has 0 radical (unpaired) electrons. The maximum absolute atomic E-state index is 14.0. The van der Waals surface area contributed by atoms with Gasteiger partial charge in [-0.1, -0.05) is 97.4 Å². The number of rotatable bonds is 6. The van der Waals surface area contributed by atoms with Crippen LogP contribution in [-0.2, 0) is 10.0 Å². The summed E-state index contributed by atoms with van der Waals surface area (Å²) in [6.45, 7) is 3.97. The number of carbonyl (C=O) groups excluding carboxylic acids is 1. The number of hydrogen-bond acceptors (Lipinski definition) is 3. The molecule has 0 amide bonds. The van der Waals surface area contributed by atoms with Crippen LogP contribution in [0.5, 0.6) is 0 Å². The summed E-state index contributed by atoms with van der Waals surface area (Å²) in [6.07, 6.45) is 2.22. The van der Waals surface area contributed by atoms with E-state index in [0.29, 0.717) is 17.7 Å². The first-order valence-corrected chi connectivity index (χ1v) is 13.3. The summed E-state index contributed by atoms with van der Waals surface area (Å²) in [6, 6.07) is 29.5. The largest absolute Gasteiger partial charge is 0.289 e. The third kappa shape index (κ3) is 4.06. The van der Waals surface area contributed by atoms with E-state index in [-0.39, 0.29) is 16.6 Å². The van der Waals surface area contributed by atoms with Gasteiger partial charge in [0.2, 0.25) is 0 Å². The molecule has 4 aromatic rings. The van der Waals surface area contributed by atoms with Gasteiger partial charge in [0.15, 0.2) is 5.78 Å². The standard InChI is InChI=1S/C30H27NO3S/c1-3-25-28(20-29(32)23-11-5-4-6-12-23)31(35(33,34)24-18-16-21(2)17-19-24)30(25)27-15-9-13-22-10-7-8-14-26(22)27/h4-20,25,30H,3H2,1-2H3/b28-20+/t25-,30-/m0/s1. The van der Waals surface area contributed by atoms with Crippen molar-refractivity contribution in [2.75, 3.05) is 0 Å². The molecule has 0 spiro atoms. The van der Waals surface area contributed by atoms with Crippen molar-refractivity contribution >= 4 is 26.6 Å². The summed E-state index contributed by atoms with van der Waals surface area (Å²) in [5, 5.41) is 2.08. The summed E-state index contributed by atoms with van der Waals surface area (Å²) in [5.74, 6) is -0.298. The third-order valence-corrected chi connectivity index (χ3v) is 8.59. The van der Waals surface area contributed by atoms with Gasteiger partial charge in [0.1, 0.15) is 0 Å². The van der Waals surface area contributed by atoms with Crippen molar-refractivity contribution in [3.05, 3.63) is 126 Å². The molecule has 0 bridgehead atoms. The van der Waals surface area contributed by atoms with Crippen LogP contribution in [0.15, 0.2) is 114 Å². The minimum atomic E-state index is -3.89. The summed E-state index contributed by atoms with van der Waals surface area (Å²) < 4.78 is 29.5. The lowest BCUT2D eigenvalue weighted by Crippen LogP contribution is -2.50. The fraction of sp³-hybridized carbons (Fsp3) is 0.167. The van der Waals surface area contributed by atoms with Gasteiger partial charge < -0.3 is 0 Å². The Morgan fingerprint density at radius 1 is 0.857 bits per heavy atom. The van der Waals surface area contributed by atoms with Crippen molar-refractivity contribution in [1.82, 2.24) is 4.31 Å². The van der Waals surface area contributed by atoms with Gasteiger partial charge in [-0.15, -0.1) is 0 Å². The highest BCUT2D eigenvalue weighted by atomic mass is 32.2. The van der Waals surface area contributed by atoms with E-state index < -0.39 is 16.1 Å². The predicted molar refractivity (Wildman–Crippen MR) is 140 cm³/mol. The molecular weight excluding hydrogens is 454 g/mol. The lowest BCUT2D eigenvalue weighted by atomic mass is 9.78. The zero-order valence-corrected chi connectivity index (χ0v) is 20.6. The highest BCUT2D eigenvalue weighted by molar-refractivity contribution is 7.89. The van der Waals surface area contributed by atoms with Crippen molar-refractivity contribution in [2.24, 2.45) is 5.92 Å². The molecule has 2 atom stereocenters. The zero-order chi connectivity index (χ0) is 24.6. The molecule has 1 aliphatic rings. The van der Waals surface area contributed by atoms with Crippen LogP contribution in [0.1, 0.15) is 40.9 Å². The van der Waals surface area contributed by atoms with Crippen LogP contribution >= 0.6 is 0 Å². The molecule has 1 aliphatic heterocycles. The first-order valence-electron chi connectivity index (χ1n) is 11.8. The Bertz CT molecular complexity index is 1520. The molecule has 1 saturated heterocycles. The van der Waals surface area contributed by atoms with Crippen LogP contribution in [0, 0.1) is 12.8 Å². The van der Waals surface area contributed by atoms with E-state index in [1.54, 1.807) is 36.4 Å². The Morgan fingerprint density at radius 2 is 1.51 bits per heavy atom. The number of fused-ring (bicyclic) bond motifs is 1. The van der Waals surface area contributed by atoms with Gasteiger partial charge in [-0.25, -0.2) is 8.42 Å². The van der Waals surface area contributed by atoms with Crippen LogP contribution in [0.25, 0.3) is 10.8 Å². The van der Waals surface area contributed by atoms with Gasteiger partial charge >= 0.3 is 0 Å². The van der Waals surface area contributed by atoms with Gasteiger partial charge in [0, 0.05) is 23.3 Å². The van der Waals surface area contributed by atoms with Crippen LogP contribution in [0.2, 0.25) is 0 Å². The van der Waals surface area contributed by atoms with Crippen LogP contribution in [-0.4, -0.2) is 18.5 Å². The third-order valence-electron chi connectivity index (χ3n) is 6.77. The van der Waals surface area contributed by atoms with E-state index in [9.17, 15) is 13.2 Å². The molecule has 5 rings (SSSR count). The van der Waals surface area contributed by atoms with Crippen LogP contribution in [0.4, 0.5) is 0 Å². The number of aryl methyl sites for hydroxylation is 1. The topological polar surface area (TPSA) is 54.5 Å². The Labute approximate surface area is 206 Å². The van der Waals surface area contributed by atoms with Crippen molar-refractivity contribution in [1.29, 1.82) is 0 Å². The zero-order valence-electron chi connectivity index (χ0n) is 19.8. The Morgan fingerprint density at radius 3 is 2.23 bits per heavy atom. The van der Waals surface area contributed by atoms with E-state index in [1.165, 1.54) is 10.4 Å². The SMILES string of the molecule is CC[C@H]1/C(=C\C(=O)c2ccccc2)N(S(=O)(=O)c2ccc(C)cc2)[C@@H]1c1cccc2ccccc12. The highest BCUT2D eigenvalue weighted by Gasteiger charge is 2.50. The molecule has 5 heteroatoms. The number of allylic oxidation sites excluding steroid dienone is 1. The van der Waals surface area contributed by atoms with E-state index in [2.05, 4.69) is 0 Å². The van der Waals surface area contributed by atoms with Crippen molar-refractivity contribution in [3.63, 3.8) is 0 Å². The normalized spacial score (nSPS) is 19.0. The molecule has 176 valence electrons. The molecule has 0 N–H and O–H groups in total. The fourth-order valence-corrected chi connectivity index (χ4v) is 6.69. The van der Waals surface area contributed by atoms with Crippen molar-refractivity contribution in [2.45, 2.75) is 31.2 Å². The fourth-order valence-electron chi connectivity index (χ4n) is 4.95. The minimum absolute atomic E-state index is 0.103. The number of hydrogen-bond donors (Lipinski definition) is 0. The van der Waals surface area contributed by atoms with Crippen molar-refractivity contribution in [3.8, 4) is 0 Å². The maximum atomic E-state index is 14.0. The maximum Gasteiger partial charge on any atom is 0.264 e. The summed E-state index contributed by atoms with van der Waals surface area (Å²) in [7, 11) is -3.89. The van der Waals surface area contributed by atoms with Crippen molar-refractivity contribution < 1.29 is 13.2 Å². The number of ketones is 1. The number of nitrogens with zero attached hydrogens (tertiary/aromatic N) is 1. The van der Waals surface area contributed by atoms with E-state index in [1.807, 2.05) is 74.5 Å². The van der Waals surface area contributed by atoms with Gasteiger partial charge in [0.05, 0.1) is 10.9 Å². The Balaban J connectivity index is 1.68. The smallest absolute Gasteiger partial charge is 0.264 e. The first-order chi connectivity index (χ1) is 16.9. The average molecular weight is 482 g/mol. The van der Waals surface area contributed by atoms with Gasteiger partial charge in [0.25, 0.3) is 10.0 Å². The second kappa shape index (κ2) is 9.16. The Hall–Kier alpha value is -3.70. The molecule has 0 aromatic heterocycles. The van der Waals surface area contributed by atoms with E-state index in [4.69, 9.17) is 0 Å². The quantitative estimate of drug-likeness (QED) is 0.228. The molecule has 4 nitrogen and oxygen atoms in total. The van der Waals surface area contributed by atoms with Crippen LogP contribution in [0.3, 0.4) is 0 Å². The van der Waals surface area contributed by atoms with E-state index >= 15 is 0 Å². The van der Waals surface area contributed by atoms with Gasteiger partial charge in [-0.3, -0.25) is 9.10 Å². The molecule has 0 aliphatic carbocycles. The van der Waals surface area contributed by atoms with Gasteiger partial charge in [-0.2, -0.15) is 0 Å². The average Bonchev–Trinajstić information content (AvgIpc) is 2.87. The Kier molecular flexibility index (Phi) is 6.03. The number of benzene rings is 4. The lowest BCUT2D eigenvalue weighted by molar-refractivity contribution is 0.103. The number of carbonyl (C=O) groups is 1. The molecular formula is C30H27NO3S. The van der Waals surface area contributed by atoms with E-state index in [0.717, 1.165) is 21.9 Å². The summed E-state index contributed by atoms with van der Waals surface area (Å²) in [5.41, 5.74) is 3.02. The number of sulfonamides is 1. The second-order valence-corrected chi connectivity index (χ2v) is 10.8. The molecule has 4 aromatic carbocycles. The molecule has 0 saturated carbocycles. The monoisotopic (exact) mass is 481 g/mol. The van der Waals surface area contributed by atoms with Gasteiger partial charge in [-0.05, 0) is 41.8 Å². The summed E-state index contributed by atoms with van der Waals surface area (Å²) >= 11 is 0. The molecule has 35 heavy (non-hydrogen) atoms. The predicted octanol–water partition coefficient (Wildman–Crippen LogP) is 6.69. The molecule has 1 fully saturated rings.